The number of rotatable bonds is 3. The van der Waals surface area contributed by atoms with E-state index in [2.05, 4.69) is 10.6 Å². The second kappa shape index (κ2) is 6.97. The zero-order valence-corrected chi connectivity index (χ0v) is 12.3. The summed E-state index contributed by atoms with van der Waals surface area (Å²) in [5.41, 5.74) is 6.83. The van der Waals surface area contributed by atoms with Crippen LogP contribution in [0.1, 0.15) is 26.2 Å². The molecule has 114 valence electrons. The van der Waals surface area contributed by atoms with Gasteiger partial charge in [0.25, 0.3) is 0 Å². The Kier molecular flexibility index (Phi) is 5.03. The molecule has 3 amide bonds. The molecule has 1 aliphatic heterocycles. The van der Waals surface area contributed by atoms with Crippen LogP contribution in [-0.2, 0) is 4.79 Å². The average molecular weight is 290 g/mol. The molecule has 0 spiro atoms. The van der Waals surface area contributed by atoms with Crippen molar-refractivity contribution < 1.29 is 9.59 Å². The van der Waals surface area contributed by atoms with Crippen molar-refractivity contribution in [2.75, 3.05) is 24.1 Å². The third kappa shape index (κ3) is 4.37. The van der Waals surface area contributed by atoms with Gasteiger partial charge in [0, 0.05) is 24.5 Å². The number of nitrogens with zero attached hydrogens (tertiary/aromatic N) is 1. The maximum absolute atomic E-state index is 12.2. The standard InChI is InChI=1S/C15H22N4O2/c1-11(14(20)19-8-3-2-4-9-19)17-15(21)18-13-7-5-6-12(16)10-13/h5-7,10-11H,2-4,8-9,16H2,1H3,(H2,17,18,21). The molecule has 1 aliphatic rings. The van der Waals surface area contributed by atoms with Gasteiger partial charge in [-0.25, -0.2) is 4.79 Å². The first-order valence-electron chi connectivity index (χ1n) is 7.28. The third-order valence-electron chi connectivity index (χ3n) is 3.53. The SMILES string of the molecule is CC(NC(=O)Nc1cccc(N)c1)C(=O)N1CCCCC1. The van der Waals surface area contributed by atoms with Crippen LogP contribution in [-0.4, -0.2) is 36.0 Å². The molecule has 0 aromatic heterocycles. The first kappa shape index (κ1) is 15.2. The number of carbonyl (C=O) groups excluding carboxylic acids is 2. The van der Waals surface area contributed by atoms with Gasteiger partial charge in [-0.3, -0.25) is 4.79 Å². The molecule has 21 heavy (non-hydrogen) atoms. The van der Waals surface area contributed by atoms with Gasteiger partial charge in [0.2, 0.25) is 5.91 Å². The minimum atomic E-state index is -0.538. The molecule has 1 aromatic carbocycles. The lowest BCUT2D eigenvalue weighted by molar-refractivity contribution is -0.133. The number of carbonyl (C=O) groups is 2. The van der Waals surface area contributed by atoms with Crippen LogP contribution < -0.4 is 16.4 Å². The normalized spacial score (nSPS) is 16.1. The Morgan fingerprint density at radius 2 is 1.95 bits per heavy atom. The van der Waals surface area contributed by atoms with Crippen molar-refractivity contribution in [1.29, 1.82) is 0 Å². The summed E-state index contributed by atoms with van der Waals surface area (Å²) in [5.74, 6) is -0.0302. The van der Waals surface area contributed by atoms with Crippen molar-refractivity contribution in [2.24, 2.45) is 0 Å². The number of urea groups is 1. The predicted octanol–water partition coefficient (Wildman–Crippen LogP) is 1.79. The fourth-order valence-electron chi connectivity index (χ4n) is 2.43. The van der Waals surface area contributed by atoms with Gasteiger partial charge in [-0.05, 0) is 44.4 Å². The quantitative estimate of drug-likeness (QED) is 0.742. The average Bonchev–Trinajstić information content (AvgIpc) is 2.47. The van der Waals surface area contributed by atoms with Crippen LogP contribution in [0, 0.1) is 0 Å². The number of piperidine rings is 1. The van der Waals surface area contributed by atoms with Crippen molar-refractivity contribution in [3.05, 3.63) is 24.3 Å². The number of nitrogens with one attached hydrogen (secondary N) is 2. The van der Waals surface area contributed by atoms with Gasteiger partial charge in [0.1, 0.15) is 6.04 Å². The summed E-state index contributed by atoms with van der Waals surface area (Å²) in [4.78, 5) is 25.9. The highest BCUT2D eigenvalue weighted by Crippen LogP contribution is 2.12. The molecule has 0 radical (unpaired) electrons. The van der Waals surface area contributed by atoms with E-state index in [-0.39, 0.29) is 5.91 Å². The molecule has 6 nitrogen and oxygen atoms in total. The van der Waals surface area contributed by atoms with E-state index in [1.54, 1.807) is 31.2 Å². The summed E-state index contributed by atoms with van der Waals surface area (Å²) in [7, 11) is 0. The fraction of sp³-hybridized carbons (Fsp3) is 0.467. The number of anilines is 2. The Morgan fingerprint density at radius 1 is 1.24 bits per heavy atom. The molecule has 2 rings (SSSR count). The lowest BCUT2D eigenvalue weighted by Crippen LogP contribution is -2.49. The highest BCUT2D eigenvalue weighted by atomic mass is 16.2. The van der Waals surface area contributed by atoms with E-state index in [1.807, 2.05) is 4.90 Å². The number of nitrogen functional groups attached to an aromatic ring is 1. The Labute approximate surface area is 124 Å². The number of amides is 3. The van der Waals surface area contributed by atoms with Gasteiger partial charge in [-0.2, -0.15) is 0 Å². The Morgan fingerprint density at radius 3 is 2.62 bits per heavy atom. The summed E-state index contributed by atoms with van der Waals surface area (Å²) in [6.07, 6.45) is 3.24. The molecule has 0 aliphatic carbocycles. The van der Waals surface area contributed by atoms with E-state index in [1.165, 1.54) is 6.42 Å². The fourth-order valence-corrected chi connectivity index (χ4v) is 2.43. The zero-order valence-electron chi connectivity index (χ0n) is 12.3. The number of benzene rings is 1. The van der Waals surface area contributed by atoms with Crippen LogP contribution in [0.5, 0.6) is 0 Å². The second-order valence-corrected chi connectivity index (χ2v) is 5.33. The van der Waals surface area contributed by atoms with E-state index in [4.69, 9.17) is 5.73 Å². The largest absolute Gasteiger partial charge is 0.399 e. The Balaban J connectivity index is 1.85. The molecule has 1 unspecified atom stereocenters. The van der Waals surface area contributed by atoms with Gasteiger partial charge in [0.05, 0.1) is 0 Å². The molecule has 6 heteroatoms. The molecule has 0 saturated carbocycles. The molecule has 1 fully saturated rings. The number of nitrogens with two attached hydrogens (primary N) is 1. The number of hydrogen-bond acceptors (Lipinski definition) is 3. The first-order chi connectivity index (χ1) is 10.1. The smallest absolute Gasteiger partial charge is 0.319 e. The van der Waals surface area contributed by atoms with Crippen LogP contribution in [0.3, 0.4) is 0 Å². The third-order valence-corrected chi connectivity index (χ3v) is 3.53. The minimum absolute atomic E-state index is 0.0302. The molecule has 4 N–H and O–H groups in total. The van der Waals surface area contributed by atoms with Crippen molar-refractivity contribution in [2.45, 2.75) is 32.2 Å². The predicted molar refractivity (Wildman–Crippen MR) is 82.9 cm³/mol. The summed E-state index contributed by atoms with van der Waals surface area (Å²) in [6, 6.07) is 5.96. The monoisotopic (exact) mass is 290 g/mol. The molecule has 1 atom stereocenters. The topological polar surface area (TPSA) is 87.5 Å². The zero-order chi connectivity index (χ0) is 15.2. The Bertz CT molecular complexity index is 512. The van der Waals surface area contributed by atoms with Crippen molar-refractivity contribution >= 4 is 23.3 Å². The van der Waals surface area contributed by atoms with E-state index in [0.717, 1.165) is 25.9 Å². The van der Waals surface area contributed by atoms with Crippen LogP contribution in [0.25, 0.3) is 0 Å². The summed E-state index contributed by atoms with van der Waals surface area (Å²) in [5, 5.41) is 5.33. The lowest BCUT2D eigenvalue weighted by Gasteiger charge is -2.29. The summed E-state index contributed by atoms with van der Waals surface area (Å²) in [6.45, 7) is 3.26. The first-order valence-corrected chi connectivity index (χ1v) is 7.28. The lowest BCUT2D eigenvalue weighted by atomic mass is 10.1. The van der Waals surface area contributed by atoms with Crippen molar-refractivity contribution in [1.82, 2.24) is 10.2 Å². The molecular weight excluding hydrogens is 268 g/mol. The van der Waals surface area contributed by atoms with Crippen LogP contribution in [0.2, 0.25) is 0 Å². The molecule has 1 aromatic rings. The Hall–Kier alpha value is -2.24. The van der Waals surface area contributed by atoms with E-state index < -0.39 is 12.1 Å². The second-order valence-electron chi connectivity index (χ2n) is 5.33. The van der Waals surface area contributed by atoms with E-state index >= 15 is 0 Å². The number of hydrogen-bond donors (Lipinski definition) is 3. The van der Waals surface area contributed by atoms with Crippen LogP contribution in [0.4, 0.5) is 16.2 Å². The van der Waals surface area contributed by atoms with E-state index in [0.29, 0.717) is 11.4 Å². The molecule has 1 heterocycles. The maximum atomic E-state index is 12.2. The van der Waals surface area contributed by atoms with Crippen LogP contribution >= 0.6 is 0 Å². The van der Waals surface area contributed by atoms with Gasteiger partial charge in [-0.1, -0.05) is 6.07 Å². The van der Waals surface area contributed by atoms with Crippen molar-refractivity contribution in [3.63, 3.8) is 0 Å². The highest BCUT2D eigenvalue weighted by molar-refractivity contribution is 5.93. The minimum Gasteiger partial charge on any atom is -0.399 e. The van der Waals surface area contributed by atoms with Gasteiger partial charge in [-0.15, -0.1) is 0 Å². The molecule has 0 bridgehead atoms. The highest BCUT2D eigenvalue weighted by Gasteiger charge is 2.23. The molecular formula is C15H22N4O2. The van der Waals surface area contributed by atoms with Crippen LogP contribution in [0.15, 0.2) is 24.3 Å². The molecule has 1 saturated heterocycles. The van der Waals surface area contributed by atoms with Crippen molar-refractivity contribution in [3.8, 4) is 0 Å². The maximum Gasteiger partial charge on any atom is 0.319 e. The summed E-state index contributed by atoms with van der Waals surface area (Å²) < 4.78 is 0. The van der Waals surface area contributed by atoms with Gasteiger partial charge < -0.3 is 21.3 Å². The van der Waals surface area contributed by atoms with Gasteiger partial charge >= 0.3 is 6.03 Å². The summed E-state index contributed by atoms with van der Waals surface area (Å²) >= 11 is 0. The number of likely N-dealkylation sites (tertiary alicyclic amines) is 1. The van der Waals surface area contributed by atoms with E-state index in [9.17, 15) is 9.59 Å². The van der Waals surface area contributed by atoms with Gasteiger partial charge in [0.15, 0.2) is 0 Å².